The lowest BCUT2D eigenvalue weighted by molar-refractivity contribution is -0.384. The number of rotatable bonds is 6. The molecule has 0 aliphatic carbocycles. The quantitative estimate of drug-likeness (QED) is 0.497. The van der Waals surface area contributed by atoms with Crippen molar-refractivity contribution >= 4 is 17.3 Å². The molecular formula is C22H22F3N3O5. The van der Waals surface area contributed by atoms with Gasteiger partial charge >= 0.3 is 6.18 Å². The number of amides is 1. The van der Waals surface area contributed by atoms with E-state index in [0.29, 0.717) is 37.3 Å². The molecule has 33 heavy (non-hydrogen) atoms. The molecule has 176 valence electrons. The molecule has 2 aliphatic rings. The molecule has 1 unspecified atom stereocenters. The minimum Gasteiger partial charge on any atom is -0.486 e. The lowest BCUT2D eigenvalue weighted by atomic mass is 10.0. The van der Waals surface area contributed by atoms with Gasteiger partial charge in [0.1, 0.15) is 18.9 Å². The Kier molecular flexibility index (Phi) is 6.30. The highest BCUT2D eigenvalue weighted by Crippen LogP contribution is 2.38. The Hall–Kier alpha value is -3.50. The van der Waals surface area contributed by atoms with Crippen molar-refractivity contribution in [1.82, 2.24) is 4.90 Å². The summed E-state index contributed by atoms with van der Waals surface area (Å²) in [6.45, 7) is 1.59. The average Bonchev–Trinajstić information content (AvgIpc) is 3.28. The second-order valence-electron chi connectivity index (χ2n) is 7.81. The standard InChI is InChI=1S/C22H22F3N3O5/c23-22(24,25)15-4-5-16(18(13-15)28(30)31)26-8-7-21(29)27-9-1-2-17(27)14-3-6-19-20(12-14)33-11-10-32-19/h3-6,12-13,17,26H,1-2,7-11H2. The Labute approximate surface area is 187 Å². The highest BCUT2D eigenvalue weighted by Gasteiger charge is 2.33. The van der Waals surface area contributed by atoms with Crippen molar-refractivity contribution in [3.63, 3.8) is 0 Å². The molecular weight excluding hydrogens is 443 g/mol. The number of anilines is 1. The topological polar surface area (TPSA) is 93.9 Å². The number of nitro groups is 1. The number of halogens is 3. The molecule has 0 bridgehead atoms. The third-order valence-corrected chi connectivity index (χ3v) is 5.70. The molecule has 1 saturated heterocycles. The molecule has 0 aromatic heterocycles. The molecule has 1 amide bonds. The van der Waals surface area contributed by atoms with Crippen molar-refractivity contribution in [1.29, 1.82) is 0 Å². The molecule has 2 heterocycles. The molecule has 2 aromatic rings. The van der Waals surface area contributed by atoms with E-state index in [1.54, 1.807) is 4.90 Å². The predicted molar refractivity (Wildman–Crippen MR) is 112 cm³/mol. The van der Waals surface area contributed by atoms with Crippen molar-refractivity contribution in [2.24, 2.45) is 0 Å². The van der Waals surface area contributed by atoms with E-state index in [4.69, 9.17) is 9.47 Å². The summed E-state index contributed by atoms with van der Waals surface area (Å²) in [5, 5.41) is 13.9. The third-order valence-electron chi connectivity index (χ3n) is 5.70. The van der Waals surface area contributed by atoms with Gasteiger partial charge in [-0.05, 0) is 42.7 Å². The largest absolute Gasteiger partial charge is 0.486 e. The lowest BCUT2D eigenvalue weighted by Crippen LogP contribution is -2.31. The van der Waals surface area contributed by atoms with E-state index in [2.05, 4.69) is 5.32 Å². The van der Waals surface area contributed by atoms with Crippen LogP contribution in [0.15, 0.2) is 36.4 Å². The maximum Gasteiger partial charge on any atom is 0.416 e. The second-order valence-corrected chi connectivity index (χ2v) is 7.81. The highest BCUT2D eigenvalue weighted by molar-refractivity contribution is 5.78. The van der Waals surface area contributed by atoms with E-state index in [1.807, 2.05) is 18.2 Å². The first kappa shape index (κ1) is 22.7. The number of alkyl halides is 3. The Morgan fingerprint density at radius 3 is 2.64 bits per heavy atom. The summed E-state index contributed by atoms with van der Waals surface area (Å²) in [7, 11) is 0. The fourth-order valence-electron chi connectivity index (χ4n) is 4.14. The molecule has 8 nitrogen and oxygen atoms in total. The number of nitrogens with zero attached hydrogens (tertiary/aromatic N) is 2. The zero-order valence-electron chi connectivity index (χ0n) is 17.6. The molecule has 2 aromatic carbocycles. The van der Waals surface area contributed by atoms with Gasteiger partial charge in [0, 0.05) is 25.6 Å². The monoisotopic (exact) mass is 465 g/mol. The number of hydrogen-bond acceptors (Lipinski definition) is 6. The van der Waals surface area contributed by atoms with Gasteiger partial charge in [-0.1, -0.05) is 6.07 Å². The fraction of sp³-hybridized carbons (Fsp3) is 0.409. The van der Waals surface area contributed by atoms with Crippen molar-refractivity contribution in [2.75, 3.05) is 31.6 Å². The number of ether oxygens (including phenoxy) is 2. The summed E-state index contributed by atoms with van der Waals surface area (Å²) in [6.07, 6.45) is -3.01. The lowest BCUT2D eigenvalue weighted by Gasteiger charge is -2.27. The molecule has 11 heteroatoms. The summed E-state index contributed by atoms with van der Waals surface area (Å²) in [5.41, 5.74) is -0.912. The van der Waals surface area contributed by atoms with Crippen LogP contribution < -0.4 is 14.8 Å². The van der Waals surface area contributed by atoms with Gasteiger partial charge in [0.2, 0.25) is 5.91 Å². The molecule has 1 N–H and O–H groups in total. The van der Waals surface area contributed by atoms with Gasteiger partial charge < -0.3 is 19.7 Å². The van der Waals surface area contributed by atoms with E-state index in [0.717, 1.165) is 30.5 Å². The Morgan fingerprint density at radius 1 is 1.15 bits per heavy atom. The van der Waals surface area contributed by atoms with Gasteiger partial charge in [-0.15, -0.1) is 0 Å². The first-order chi connectivity index (χ1) is 15.7. The first-order valence-electron chi connectivity index (χ1n) is 10.5. The fourth-order valence-corrected chi connectivity index (χ4v) is 4.14. The van der Waals surface area contributed by atoms with Gasteiger partial charge in [-0.25, -0.2) is 0 Å². The molecule has 1 atom stereocenters. The predicted octanol–water partition coefficient (Wildman–Crippen LogP) is 4.55. The van der Waals surface area contributed by atoms with Gasteiger partial charge in [-0.2, -0.15) is 13.2 Å². The van der Waals surface area contributed by atoms with Crippen LogP contribution in [-0.4, -0.2) is 42.0 Å². The smallest absolute Gasteiger partial charge is 0.416 e. The van der Waals surface area contributed by atoms with Gasteiger partial charge in [0.05, 0.1) is 16.5 Å². The highest BCUT2D eigenvalue weighted by atomic mass is 19.4. The van der Waals surface area contributed by atoms with Crippen LogP contribution in [0.4, 0.5) is 24.5 Å². The average molecular weight is 465 g/mol. The van der Waals surface area contributed by atoms with Crippen LogP contribution in [0.2, 0.25) is 0 Å². The minimum absolute atomic E-state index is 0.0409. The molecule has 1 fully saturated rings. The van der Waals surface area contributed by atoms with E-state index >= 15 is 0 Å². The van der Waals surface area contributed by atoms with E-state index in [1.165, 1.54) is 0 Å². The Bertz CT molecular complexity index is 1060. The third kappa shape index (κ3) is 4.96. The number of hydrogen-bond donors (Lipinski definition) is 1. The van der Waals surface area contributed by atoms with Crippen LogP contribution in [-0.2, 0) is 11.0 Å². The number of carbonyl (C=O) groups is 1. The number of benzene rings is 2. The maximum absolute atomic E-state index is 12.9. The van der Waals surface area contributed by atoms with Crippen LogP contribution in [0.1, 0.15) is 36.4 Å². The van der Waals surface area contributed by atoms with Crippen LogP contribution in [0.5, 0.6) is 11.5 Å². The number of nitro benzene ring substituents is 1. The first-order valence-corrected chi connectivity index (χ1v) is 10.5. The van der Waals surface area contributed by atoms with Crippen LogP contribution >= 0.6 is 0 Å². The maximum atomic E-state index is 12.9. The van der Waals surface area contributed by atoms with Crippen LogP contribution in [0.3, 0.4) is 0 Å². The normalized spacial score (nSPS) is 17.7. The van der Waals surface area contributed by atoms with Crippen molar-refractivity contribution < 1.29 is 32.4 Å². The molecule has 2 aliphatic heterocycles. The number of fused-ring (bicyclic) bond motifs is 1. The van der Waals surface area contributed by atoms with Crippen molar-refractivity contribution in [3.8, 4) is 11.5 Å². The number of carbonyl (C=O) groups excluding carboxylic acids is 1. The van der Waals surface area contributed by atoms with Crippen molar-refractivity contribution in [2.45, 2.75) is 31.5 Å². The Morgan fingerprint density at radius 2 is 1.91 bits per heavy atom. The number of likely N-dealkylation sites (tertiary alicyclic amines) is 1. The summed E-state index contributed by atoms with van der Waals surface area (Å²) in [6, 6.07) is 7.78. The van der Waals surface area contributed by atoms with Gasteiger partial charge in [0.25, 0.3) is 5.69 Å². The van der Waals surface area contributed by atoms with Gasteiger partial charge in [-0.3, -0.25) is 14.9 Å². The minimum atomic E-state index is -4.68. The summed E-state index contributed by atoms with van der Waals surface area (Å²) < 4.78 is 49.7. The van der Waals surface area contributed by atoms with Crippen LogP contribution in [0, 0.1) is 10.1 Å². The van der Waals surface area contributed by atoms with Crippen LogP contribution in [0.25, 0.3) is 0 Å². The second kappa shape index (κ2) is 9.16. The van der Waals surface area contributed by atoms with Gasteiger partial charge in [0.15, 0.2) is 11.5 Å². The summed E-state index contributed by atoms with van der Waals surface area (Å²) >= 11 is 0. The number of nitrogens with one attached hydrogen (secondary N) is 1. The summed E-state index contributed by atoms with van der Waals surface area (Å²) in [5.74, 6) is 1.17. The zero-order valence-corrected chi connectivity index (χ0v) is 17.6. The zero-order chi connectivity index (χ0) is 23.6. The Balaban J connectivity index is 1.40. The van der Waals surface area contributed by atoms with E-state index in [-0.39, 0.29) is 30.6 Å². The molecule has 0 spiro atoms. The molecule has 0 radical (unpaired) electrons. The summed E-state index contributed by atoms with van der Waals surface area (Å²) in [4.78, 5) is 25.0. The van der Waals surface area contributed by atoms with E-state index in [9.17, 15) is 28.1 Å². The molecule has 0 saturated carbocycles. The van der Waals surface area contributed by atoms with Crippen molar-refractivity contribution in [3.05, 3.63) is 57.6 Å². The SMILES string of the molecule is O=C(CCNc1ccc(C(F)(F)F)cc1[N+](=O)[O-])N1CCCC1c1ccc2c(c1)OCCO2. The molecule has 4 rings (SSSR count). The van der Waals surface area contributed by atoms with E-state index < -0.39 is 22.4 Å².